The second-order valence-corrected chi connectivity index (χ2v) is 20.0. The predicted octanol–water partition coefficient (Wildman–Crippen LogP) is 17.3. The molecule has 0 bridgehead atoms. The van der Waals surface area contributed by atoms with Gasteiger partial charge in [-0.3, -0.25) is 0 Å². The normalized spacial score (nSPS) is 12.8. The Labute approximate surface area is 407 Å². The van der Waals surface area contributed by atoms with Crippen molar-refractivity contribution in [3.05, 3.63) is 259 Å². The van der Waals surface area contributed by atoms with Crippen LogP contribution in [0.4, 0.5) is 0 Å². The predicted molar refractivity (Wildman–Crippen MR) is 290 cm³/mol. The molecule has 322 valence electrons. The van der Waals surface area contributed by atoms with Gasteiger partial charge in [0.25, 0.3) is 0 Å². The number of rotatable bonds is 7. The van der Waals surface area contributed by atoms with E-state index in [0.717, 1.165) is 44.5 Å². The average Bonchev–Trinajstić information content (AvgIpc) is 4.09. The van der Waals surface area contributed by atoms with E-state index in [1.807, 2.05) is 28.7 Å². The molecule has 0 spiro atoms. The Morgan fingerprint density at radius 1 is 0.275 bits per heavy atom. The highest BCUT2D eigenvalue weighted by Gasteiger charge is 2.47. The second kappa shape index (κ2) is 15.9. The van der Waals surface area contributed by atoms with Gasteiger partial charge in [-0.25, -0.2) is 15.0 Å². The van der Waals surface area contributed by atoms with Gasteiger partial charge < -0.3 is 0 Å². The van der Waals surface area contributed by atoms with Crippen LogP contribution in [-0.4, -0.2) is 15.0 Å². The molecule has 13 aromatic rings. The molecule has 0 atom stereocenters. The highest BCUT2D eigenvalue weighted by Crippen LogP contribution is 2.58. The third kappa shape index (κ3) is 6.35. The molecule has 0 amide bonds. The van der Waals surface area contributed by atoms with E-state index in [0.29, 0.717) is 17.5 Å². The molecule has 1 aliphatic rings. The summed E-state index contributed by atoms with van der Waals surface area (Å²) in [6.45, 7) is 0. The molecular weight excluding hydrogens is 875 g/mol. The maximum atomic E-state index is 5.56. The first kappa shape index (κ1) is 39.8. The van der Waals surface area contributed by atoms with Gasteiger partial charge in [0.1, 0.15) is 0 Å². The molecule has 10 aromatic carbocycles. The van der Waals surface area contributed by atoms with E-state index < -0.39 is 5.41 Å². The first-order chi connectivity index (χ1) is 34.2. The van der Waals surface area contributed by atoms with Crippen molar-refractivity contribution in [3.8, 4) is 67.5 Å². The number of thiophene rings is 2. The van der Waals surface area contributed by atoms with Crippen molar-refractivity contribution in [2.45, 2.75) is 5.41 Å². The van der Waals surface area contributed by atoms with E-state index in [4.69, 9.17) is 15.0 Å². The minimum absolute atomic E-state index is 0.560. The number of hydrogen-bond donors (Lipinski definition) is 0. The molecule has 3 aromatic heterocycles. The number of aromatic nitrogens is 3. The van der Waals surface area contributed by atoms with Crippen LogP contribution >= 0.6 is 22.7 Å². The van der Waals surface area contributed by atoms with Gasteiger partial charge >= 0.3 is 0 Å². The van der Waals surface area contributed by atoms with Crippen LogP contribution in [0.1, 0.15) is 22.3 Å². The molecule has 0 aliphatic heterocycles. The fourth-order valence-electron chi connectivity index (χ4n) is 10.9. The van der Waals surface area contributed by atoms with Crippen LogP contribution in [0.5, 0.6) is 0 Å². The number of benzene rings is 10. The largest absolute Gasteiger partial charge is 0.208 e. The molecule has 0 unspecified atom stereocenters. The third-order valence-corrected chi connectivity index (χ3v) is 16.3. The van der Waals surface area contributed by atoms with Crippen LogP contribution in [0.15, 0.2) is 237 Å². The highest BCUT2D eigenvalue weighted by atomic mass is 32.1. The van der Waals surface area contributed by atoms with Crippen molar-refractivity contribution in [1.82, 2.24) is 15.0 Å². The second-order valence-electron chi connectivity index (χ2n) is 17.8. The molecule has 3 heterocycles. The number of nitrogens with zero attached hydrogens (tertiary/aromatic N) is 3. The fourth-order valence-corrected chi connectivity index (χ4v) is 13.1. The van der Waals surface area contributed by atoms with Crippen molar-refractivity contribution in [1.29, 1.82) is 0 Å². The monoisotopic (exact) mass is 913 g/mol. The molecule has 0 N–H and O–H groups in total. The van der Waals surface area contributed by atoms with Gasteiger partial charge in [0.2, 0.25) is 0 Å². The van der Waals surface area contributed by atoms with E-state index in [9.17, 15) is 0 Å². The Kier molecular flexibility index (Phi) is 9.16. The zero-order valence-corrected chi connectivity index (χ0v) is 38.8. The van der Waals surface area contributed by atoms with Gasteiger partial charge in [-0.1, -0.05) is 182 Å². The Bertz CT molecular complexity index is 3960. The summed E-state index contributed by atoms with van der Waals surface area (Å²) in [5.41, 5.74) is 13.9. The molecule has 0 saturated carbocycles. The minimum atomic E-state index is -0.560. The Hall–Kier alpha value is -8.35. The lowest BCUT2D eigenvalue weighted by Crippen LogP contribution is -2.28. The molecule has 0 fully saturated rings. The summed E-state index contributed by atoms with van der Waals surface area (Å²) in [7, 11) is 0. The first-order valence-corrected chi connectivity index (χ1v) is 25.0. The van der Waals surface area contributed by atoms with Gasteiger partial charge in [-0.15, -0.1) is 22.7 Å². The van der Waals surface area contributed by atoms with Crippen LogP contribution in [0.3, 0.4) is 0 Å². The SMILES string of the molecule is c1ccc(-c2nc(-c3cc(-c4ccc5sc6ccccc6c5c4)cc(-c4ccc5sc6ccccc6c5c4)c3)nc(-c3cccc4c3-c3ccccc3C4(c3ccccc3)c3ccccc3)n2)cc1. The molecule has 1 aliphatic carbocycles. The lowest BCUT2D eigenvalue weighted by Gasteiger charge is -2.33. The summed E-state index contributed by atoms with van der Waals surface area (Å²) >= 11 is 3.69. The third-order valence-electron chi connectivity index (χ3n) is 14.0. The van der Waals surface area contributed by atoms with Gasteiger partial charge in [0.15, 0.2) is 17.5 Å². The minimum Gasteiger partial charge on any atom is -0.208 e. The lowest BCUT2D eigenvalue weighted by atomic mass is 9.67. The summed E-state index contributed by atoms with van der Waals surface area (Å²) in [5, 5.41) is 5.09. The van der Waals surface area contributed by atoms with E-state index in [1.54, 1.807) is 0 Å². The van der Waals surface area contributed by atoms with Gasteiger partial charge in [0.05, 0.1) is 5.41 Å². The summed E-state index contributed by atoms with van der Waals surface area (Å²) in [6, 6.07) is 85.9. The average molecular weight is 914 g/mol. The topological polar surface area (TPSA) is 38.7 Å². The first-order valence-electron chi connectivity index (χ1n) is 23.3. The summed E-state index contributed by atoms with van der Waals surface area (Å²) in [5.74, 6) is 1.88. The quantitative estimate of drug-likeness (QED) is 0.160. The maximum absolute atomic E-state index is 5.56. The van der Waals surface area contributed by atoms with Gasteiger partial charge in [-0.05, 0) is 110 Å². The van der Waals surface area contributed by atoms with Crippen molar-refractivity contribution >= 4 is 63.0 Å². The zero-order valence-electron chi connectivity index (χ0n) is 37.2. The lowest BCUT2D eigenvalue weighted by molar-refractivity contribution is 0.768. The Morgan fingerprint density at radius 2 is 0.725 bits per heavy atom. The maximum Gasteiger partial charge on any atom is 0.164 e. The van der Waals surface area contributed by atoms with Crippen molar-refractivity contribution in [2.75, 3.05) is 0 Å². The van der Waals surface area contributed by atoms with E-state index >= 15 is 0 Å². The Balaban J connectivity index is 1.02. The van der Waals surface area contributed by atoms with E-state index in [1.165, 1.54) is 68.2 Å². The van der Waals surface area contributed by atoms with Crippen LogP contribution in [0, 0.1) is 0 Å². The summed E-state index contributed by atoms with van der Waals surface area (Å²) < 4.78 is 5.14. The Morgan fingerprint density at radius 3 is 1.33 bits per heavy atom. The van der Waals surface area contributed by atoms with Gasteiger partial charge in [0, 0.05) is 57.0 Å². The standard InChI is InChI=1S/C64H39N3S2/c1-4-17-40(18-5-1)61-65-62(67-63(66-61)51-26-16-28-55-60(51)50-25-10-13-27-54(50)64(55,46-19-6-2-7-20-46)47-21-8-3-9-22-47)45-36-43(41-31-33-58-52(38-41)48-23-11-14-29-56(48)68-58)35-44(37-45)42-32-34-59-53(39-42)49-24-12-15-30-57(49)69-59/h1-39H. The van der Waals surface area contributed by atoms with Crippen molar-refractivity contribution in [2.24, 2.45) is 0 Å². The van der Waals surface area contributed by atoms with Crippen molar-refractivity contribution < 1.29 is 0 Å². The molecule has 0 radical (unpaired) electrons. The summed E-state index contributed by atoms with van der Waals surface area (Å²) in [4.78, 5) is 16.3. The molecular formula is C64H39N3S2. The number of hydrogen-bond acceptors (Lipinski definition) is 5. The van der Waals surface area contributed by atoms with E-state index in [-0.39, 0.29) is 0 Å². The van der Waals surface area contributed by atoms with Crippen LogP contribution < -0.4 is 0 Å². The molecule has 0 saturated heterocycles. The molecule has 14 rings (SSSR count). The smallest absolute Gasteiger partial charge is 0.164 e. The molecule has 3 nitrogen and oxygen atoms in total. The van der Waals surface area contributed by atoms with Gasteiger partial charge in [-0.2, -0.15) is 0 Å². The van der Waals surface area contributed by atoms with Crippen molar-refractivity contribution in [3.63, 3.8) is 0 Å². The molecule has 69 heavy (non-hydrogen) atoms. The molecule has 5 heteroatoms. The summed E-state index contributed by atoms with van der Waals surface area (Å²) in [6.07, 6.45) is 0. The fraction of sp³-hybridized carbons (Fsp3) is 0.0156. The van der Waals surface area contributed by atoms with Crippen LogP contribution in [0.25, 0.3) is 108 Å². The number of fused-ring (bicyclic) bond motifs is 9. The van der Waals surface area contributed by atoms with E-state index in [2.05, 4.69) is 231 Å². The highest BCUT2D eigenvalue weighted by molar-refractivity contribution is 7.26. The van der Waals surface area contributed by atoms with Crippen LogP contribution in [-0.2, 0) is 5.41 Å². The zero-order chi connectivity index (χ0) is 45.5. The van der Waals surface area contributed by atoms with Crippen LogP contribution in [0.2, 0.25) is 0 Å².